The molecule has 0 unspecified atom stereocenters. The number of nitrogens with zero attached hydrogens (tertiary/aromatic N) is 2. The van der Waals surface area contributed by atoms with Crippen LogP contribution < -0.4 is 9.80 Å². The standard InChI is InChI=1S/C77H56N2/c1-75(2)63-19-9-7-17-55(63)57-35-29-51(41-65(57)75)78(69-39-27-49-23-21-45-13-11-15-47-25-33-61(69)73(49)71(45)47)53-31-37-59-60-38-32-54(44-68(60)77(5,6)67(59)43-53)79(52-30-36-58-56-18-8-10-20-64(56)76(3,4)66(58)42-52)70-40-28-50-24-22-46-14-12-16-48-26-34-62(70)74(50)72(46)48/h7-44H,1-6H3. The Morgan fingerprint density at radius 2 is 0.506 bits per heavy atom. The fourth-order valence-corrected chi connectivity index (χ4v) is 15.3. The first kappa shape index (κ1) is 44.8. The number of anilines is 6. The van der Waals surface area contributed by atoms with Gasteiger partial charge in [-0.15, -0.1) is 0 Å². The fraction of sp³-hybridized carbons (Fsp3) is 0.117. The zero-order valence-corrected chi connectivity index (χ0v) is 45.3. The van der Waals surface area contributed by atoms with Gasteiger partial charge < -0.3 is 9.80 Å². The molecule has 0 heterocycles. The zero-order chi connectivity index (χ0) is 52.8. The van der Waals surface area contributed by atoms with Crippen LogP contribution in [0.4, 0.5) is 34.1 Å². The molecule has 0 aromatic heterocycles. The first-order valence-electron chi connectivity index (χ1n) is 28.2. The predicted molar refractivity (Wildman–Crippen MR) is 336 cm³/mol. The van der Waals surface area contributed by atoms with E-state index >= 15 is 0 Å². The van der Waals surface area contributed by atoms with E-state index in [9.17, 15) is 0 Å². The second-order valence-corrected chi connectivity index (χ2v) is 24.4. The summed E-state index contributed by atoms with van der Waals surface area (Å²) in [7, 11) is 0. The average molecular weight is 1010 g/mol. The molecule has 0 radical (unpaired) electrons. The molecule has 14 aromatic rings. The Morgan fingerprint density at radius 1 is 0.228 bits per heavy atom. The topological polar surface area (TPSA) is 6.48 Å². The fourth-order valence-electron chi connectivity index (χ4n) is 15.3. The van der Waals surface area contributed by atoms with Gasteiger partial charge in [0.2, 0.25) is 0 Å². The maximum atomic E-state index is 2.55. The maximum absolute atomic E-state index is 2.55. The third-order valence-electron chi connectivity index (χ3n) is 19.3. The van der Waals surface area contributed by atoms with E-state index in [1.807, 2.05) is 0 Å². The Labute approximate surface area is 461 Å². The quantitative estimate of drug-likeness (QED) is 0.153. The highest BCUT2D eigenvalue weighted by molar-refractivity contribution is 6.27. The van der Waals surface area contributed by atoms with Crippen molar-refractivity contribution >= 4 is 98.8 Å². The van der Waals surface area contributed by atoms with E-state index in [1.54, 1.807) is 0 Å². The Balaban J connectivity index is 0.849. The molecule has 0 bridgehead atoms. The smallest absolute Gasteiger partial charge is 0.0540 e. The average Bonchev–Trinajstić information content (AvgIpc) is 4.19. The molecule has 0 saturated heterocycles. The monoisotopic (exact) mass is 1010 g/mol. The molecule has 0 aliphatic heterocycles. The van der Waals surface area contributed by atoms with Crippen molar-refractivity contribution in [3.63, 3.8) is 0 Å². The summed E-state index contributed by atoms with van der Waals surface area (Å²) in [6, 6.07) is 88.3. The van der Waals surface area contributed by atoms with Crippen molar-refractivity contribution in [1.29, 1.82) is 0 Å². The molecule has 374 valence electrons. The van der Waals surface area contributed by atoms with Crippen molar-refractivity contribution in [2.24, 2.45) is 0 Å². The van der Waals surface area contributed by atoms with Crippen LogP contribution in [0, 0.1) is 0 Å². The molecule has 2 heteroatoms. The first-order chi connectivity index (χ1) is 38.4. The highest BCUT2D eigenvalue weighted by Gasteiger charge is 2.40. The SMILES string of the molecule is CC1(C)c2ccccc2-c2ccc(N(c3ccc4c(c3)C(C)(C)c3cc(N(c5ccc6c(c5)C(C)(C)c5ccccc5-6)c5ccc6ccc7cccc8ccc5c6c78)ccc3-4)c3ccc4ccc5cccc6ccc3c4c56)cc21. The Kier molecular flexibility index (Phi) is 8.79. The summed E-state index contributed by atoms with van der Waals surface area (Å²) in [4.78, 5) is 5.11. The lowest BCUT2D eigenvalue weighted by atomic mass is 9.81. The lowest BCUT2D eigenvalue weighted by Gasteiger charge is -2.31. The number of hydrogen-bond donors (Lipinski definition) is 0. The Bertz CT molecular complexity index is 4610. The van der Waals surface area contributed by atoms with Gasteiger partial charge in [-0.2, -0.15) is 0 Å². The van der Waals surface area contributed by atoms with Gasteiger partial charge in [-0.05, 0) is 181 Å². The first-order valence-corrected chi connectivity index (χ1v) is 28.2. The molecule has 3 aliphatic rings. The van der Waals surface area contributed by atoms with Crippen LogP contribution >= 0.6 is 0 Å². The van der Waals surface area contributed by atoms with Crippen LogP contribution in [-0.4, -0.2) is 0 Å². The van der Waals surface area contributed by atoms with Gasteiger partial charge in [0.05, 0.1) is 11.4 Å². The van der Waals surface area contributed by atoms with E-state index in [0.717, 1.165) is 22.7 Å². The van der Waals surface area contributed by atoms with Crippen LogP contribution in [0.5, 0.6) is 0 Å². The summed E-state index contributed by atoms with van der Waals surface area (Å²) in [5, 5.41) is 15.4. The molecule has 3 aliphatic carbocycles. The summed E-state index contributed by atoms with van der Waals surface area (Å²) < 4.78 is 0. The maximum Gasteiger partial charge on any atom is 0.0540 e. The van der Waals surface area contributed by atoms with E-state index in [0.29, 0.717) is 0 Å². The number of benzene rings is 14. The van der Waals surface area contributed by atoms with E-state index < -0.39 is 0 Å². The normalized spacial score (nSPS) is 15.0. The van der Waals surface area contributed by atoms with E-state index in [-0.39, 0.29) is 16.2 Å². The molecule has 2 nitrogen and oxygen atoms in total. The van der Waals surface area contributed by atoms with E-state index in [1.165, 1.54) is 143 Å². The van der Waals surface area contributed by atoms with Gasteiger partial charge in [0.15, 0.2) is 0 Å². The van der Waals surface area contributed by atoms with Crippen LogP contribution in [-0.2, 0) is 16.2 Å². The largest absolute Gasteiger partial charge is 0.310 e. The Morgan fingerprint density at radius 3 is 0.861 bits per heavy atom. The van der Waals surface area contributed by atoms with E-state index in [4.69, 9.17) is 0 Å². The minimum absolute atomic E-state index is 0.151. The Hall–Kier alpha value is -9.24. The van der Waals surface area contributed by atoms with Crippen molar-refractivity contribution < 1.29 is 0 Å². The van der Waals surface area contributed by atoms with Crippen molar-refractivity contribution in [3.8, 4) is 33.4 Å². The van der Waals surface area contributed by atoms with Crippen LogP contribution in [0.3, 0.4) is 0 Å². The van der Waals surface area contributed by atoms with E-state index in [2.05, 4.69) is 282 Å². The molecule has 0 N–H and O–H groups in total. The molecule has 0 atom stereocenters. The lowest BCUT2D eigenvalue weighted by Crippen LogP contribution is -2.19. The molecule has 14 aromatic carbocycles. The highest BCUT2D eigenvalue weighted by atomic mass is 15.2. The predicted octanol–water partition coefficient (Wildman–Crippen LogP) is 21.3. The third kappa shape index (κ3) is 5.96. The molecule has 0 saturated carbocycles. The molecular formula is C77H56N2. The second kappa shape index (κ2) is 15.5. The summed E-state index contributed by atoms with van der Waals surface area (Å²) in [5.41, 5.74) is 22.4. The van der Waals surface area contributed by atoms with Gasteiger partial charge in [0, 0.05) is 49.8 Å². The van der Waals surface area contributed by atoms with Gasteiger partial charge in [-0.25, -0.2) is 0 Å². The summed E-state index contributed by atoms with van der Waals surface area (Å²) in [5.74, 6) is 0. The molecule has 0 fully saturated rings. The van der Waals surface area contributed by atoms with Gasteiger partial charge in [-0.1, -0.05) is 211 Å². The summed E-state index contributed by atoms with van der Waals surface area (Å²) >= 11 is 0. The number of fused-ring (bicyclic) bond motifs is 9. The van der Waals surface area contributed by atoms with Crippen molar-refractivity contribution in [1.82, 2.24) is 0 Å². The molecule has 17 rings (SSSR count). The van der Waals surface area contributed by atoms with Crippen molar-refractivity contribution in [3.05, 3.63) is 264 Å². The third-order valence-corrected chi connectivity index (χ3v) is 19.3. The zero-order valence-electron chi connectivity index (χ0n) is 45.3. The minimum Gasteiger partial charge on any atom is -0.310 e. The number of hydrogen-bond acceptors (Lipinski definition) is 2. The van der Waals surface area contributed by atoms with Crippen LogP contribution in [0.25, 0.3) is 98.0 Å². The highest BCUT2D eigenvalue weighted by Crippen LogP contribution is 2.57. The lowest BCUT2D eigenvalue weighted by molar-refractivity contribution is 0.660. The van der Waals surface area contributed by atoms with Gasteiger partial charge in [0.1, 0.15) is 0 Å². The second-order valence-electron chi connectivity index (χ2n) is 24.4. The van der Waals surface area contributed by atoms with Crippen LogP contribution in [0.1, 0.15) is 74.9 Å². The van der Waals surface area contributed by atoms with Crippen molar-refractivity contribution in [2.75, 3.05) is 9.80 Å². The molecular weight excluding hydrogens is 953 g/mol. The van der Waals surface area contributed by atoms with Gasteiger partial charge in [0.25, 0.3) is 0 Å². The summed E-state index contributed by atoms with van der Waals surface area (Å²) in [6.45, 7) is 14.4. The number of rotatable bonds is 6. The minimum atomic E-state index is -0.331. The van der Waals surface area contributed by atoms with Crippen molar-refractivity contribution in [2.45, 2.75) is 57.8 Å². The summed E-state index contributed by atoms with van der Waals surface area (Å²) in [6.07, 6.45) is 0. The molecule has 0 spiro atoms. The molecule has 79 heavy (non-hydrogen) atoms. The van der Waals surface area contributed by atoms with Crippen LogP contribution in [0.2, 0.25) is 0 Å². The van der Waals surface area contributed by atoms with Gasteiger partial charge >= 0.3 is 0 Å². The molecule has 0 amide bonds. The van der Waals surface area contributed by atoms with Crippen LogP contribution in [0.15, 0.2) is 231 Å². The van der Waals surface area contributed by atoms with Gasteiger partial charge in [-0.3, -0.25) is 0 Å².